The average Bonchev–Trinajstić information content (AvgIpc) is 3.23. The van der Waals surface area contributed by atoms with E-state index in [0.29, 0.717) is 11.3 Å². The lowest BCUT2D eigenvalue weighted by atomic mass is 10.2. The highest BCUT2D eigenvalue weighted by molar-refractivity contribution is 5.93. The minimum absolute atomic E-state index is 0.0235. The van der Waals surface area contributed by atoms with Gasteiger partial charge in [0.05, 0.1) is 24.2 Å². The van der Waals surface area contributed by atoms with Crippen LogP contribution in [-0.2, 0) is 29.8 Å². The van der Waals surface area contributed by atoms with Crippen LogP contribution in [0.5, 0.6) is 11.5 Å². The molecule has 3 aromatic rings. The van der Waals surface area contributed by atoms with Gasteiger partial charge in [0, 0.05) is 12.1 Å². The molecule has 1 amide bonds. The average molecular weight is 514 g/mol. The number of ether oxygens (including phenoxy) is 3. The summed E-state index contributed by atoms with van der Waals surface area (Å²) in [6, 6.07) is 9.56. The summed E-state index contributed by atoms with van der Waals surface area (Å²) in [5, 5.41) is 27.1. The van der Waals surface area contributed by atoms with Crippen LogP contribution in [0.25, 0.3) is 0 Å². The maximum Gasteiger partial charge on any atom is 0.514 e. The number of nitrogens with one attached hydrogen (secondary N) is 2. The van der Waals surface area contributed by atoms with Crippen molar-refractivity contribution in [2.24, 2.45) is 7.05 Å². The van der Waals surface area contributed by atoms with E-state index in [2.05, 4.69) is 15.6 Å². The molecule has 3 rings (SSSR count). The zero-order valence-corrected chi connectivity index (χ0v) is 19.7. The number of hydrogen-bond acceptors (Lipinski definition) is 11. The summed E-state index contributed by atoms with van der Waals surface area (Å²) in [7, 11) is 3.09. The minimum Gasteiger partial charge on any atom is -0.484 e. The van der Waals surface area contributed by atoms with Gasteiger partial charge in [-0.2, -0.15) is 0 Å². The van der Waals surface area contributed by atoms with E-state index in [1.165, 1.54) is 48.1 Å². The summed E-state index contributed by atoms with van der Waals surface area (Å²) in [6.45, 7) is -0.256. The number of nitro groups is 2. The van der Waals surface area contributed by atoms with Crippen LogP contribution >= 0.6 is 0 Å². The van der Waals surface area contributed by atoms with Crippen LogP contribution in [0.2, 0.25) is 0 Å². The summed E-state index contributed by atoms with van der Waals surface area (Å²) < 4.78 is 17.1. The second-order valence-corrected chi connectivity index (χ2v) is 7.46. The molecule has 2 N–H and O–H groups in total. The standard InChI is InChI=1S/C22H22N6O9/c1-23-11-20(29)25-18-9-14(12-36-22(30)37-17-6-4-15(5-7-17)27(31)32)3-8-19(18)35-13-16-10-24-21(26(16)2)28(33)34/h3-10,23H,11-13H2,1-2H3,(H,25,29). The molecule has 15 heteroatoms. The molecule has 194 valence electrons. The monoisotopic (exact) mass is 514 g/mol. The number of carbonyl (C=O) groups excluding carboxylic acids is 2. The van der Waals surface area contributed by atoms with Gasteiger partial charge in [-0.15, -0.1) is 0 Å². The molecule has 0 saturated heterocycles. The van der Waals surface area contributed by atoms with E-state index in [9.17, 15) is 29.8 Å². The first-order valence-electron chi connectivity index (χ1n) is 10.6. The molecule has 0 atom stereocenters. The van der Waals surface area contributed by atoms with E-state index >= 15 is 0 Å². The number of benzene rings is 2. The second-order valence-electron chi connectivity index (χ2n) is 7.46. The van der Waals surface area contributed by atoms with Gasteiger partial charge in [-0.3, -0.25) is 14.9 Å². The Morgan fingerprint density at radius 1 is 1.05 bits per heavy atom. The van der Waals surface area contributed by atoms with E-state index in [0.717, 1.165) is 0 Å². The zero-order valence-electron chi connectivity index (χ0n) is 19.7. The van der Waals surface area contributed by atoms with Crippen LogP contribution in [-0.4, -0.2) is 45.1 Å². The molecule has 1 aromatic heterocycles. The molecule has 1 heterocycles. The van der Waals surface area contributed by atoms with E-state index < -0.39 is 16.0 Å². The Morgan fingerprint density at radius 2 is 1.78 bits per heavy atom. The molecule has 37 heavy (non-hydrogen) atoms. The van der Waals surface area contributed by atoms with Crippen LogP contribution in [0.4, 0.5) is 22.1 Å². The molecule has 0 aliphatic heterocycles. The van der Waals surface area contributed by atoms with Crippen molar-refractivity contribution in [3.63, 3.8) is 0 Å². The maximum atomic E-state index is 12.2. The summed E-state index contributed by atoms with van der Waals surface area (Å²) in [5.41, 5.74) is 1.05. The minimum atomic E-state index is -1.03. The van der Waals surface area contributed by atoms with Crippen LogP contribution in [0.3, 0.4) is 0 Å². The fraction of sp³-hybridized carbons (Fsp3) is 0.227. The maximum absolute atomic E-state index is 12.2. The van der Waals surface area contributed by atoms with Crippen LogP contribution in [0, 0.1) is 20.2 Å². The number of rotatable bonds is 11. The molecule has 0 unspecified atom stereocenters. The largest absolute Gasteiger partial charge is 0.514 e. The van der Waals surface area contributed by atoms with Gasteiger partial charge in [-0.05, 0) is 41.8 Å². The Kier molecular flexibility index (Phi) is 8.67. The highest BCUT2D eigenvalue weighted by atomic mass is 16.7. The Labute approximate surface area is 209 Å². The molecule has 0 bridgehead atoms. The Hall–Kier alpha value is -5.05. The molecule has 0 saturated carbocycles. The lowest BCUT2D eigenvalue weighted by molar-refractivity contribution is -0.396. The summed E-state index contributed by atoms with van der Waals surface area (Å²) >= 11 is 0. The van der Waals surface area contributed by atoms with Crippen molar-refractivity contribution in [1.29, 1.82) is 0 Å². The molecule has 0 spiro atoms. The number of imidazole rings is 1. The van der Waals surface area contributed by atoms with Gasteiger partial charge in [0.1, 0.15) is 30.9 Å². The number of likely N-dealkylation sites (N-methyl/N-ethyl adjacent to an activating group) is 1. The quantitative estimate of drug-likeness (QED) is 0.165. The second kappa shape index (κ2) is 12.1. The molecule has 0 aliphatic carbocycles. The first-order chi connectivity index (χ1) is 17.7. The topological polar surface area (TPSA) is 190 Å². The lowest BCUT2D eigenvalue weighted by Crippen LogP contribution is -2.25. The lowest BCUT2D eigenvalue weighted by Gasteiger charge is -2.14. The number of hydrogen-bond donors (Lipinski definition) is 2. The zero-order chi connectivity index (χ0) is 26.9. The predicted molar refractivity (Wildman–Crippen MR) is 127 cm³/mol. The van der Waals surface area contributed by atoms with Crippen molar-refractivity contribution < 1.29 is 33.6 Å². The van der Waals surface area contributed by atoms with Crippen molar-refractivity contribution in [3.8, 4) is 11.5 Å². The molecule has 2 aromatic carbocycles. The number of nitro benzene ring substituents is 1. The van der Waals surface area contributed by atoms with E-state index in [1.807, 2.05) is 0 Å². The third-order valence-corrected chi connectivity index (χ3v) is 4.86. The van der Waals surface area contributed by atoms with E-state index in [1.54, 1.807) is 19.2 Å². The fourth-order valence-electron chi connectivity index (χ4n) is 3.04. The normalized spacial score (nSPS) is 10.4. The van der Waals surface area contributed by atoms with Gasteiger partial charge in [-0.25, -0.2) is 9.36 Å². The number of nitrogens with zero attached hydrogens (tertiary/aromatic N) is 4. The number of non-ortho nitro benzene ring substituents is 1. The fourth-order valence-corrected chi connectivity index (χ4v) is 3.04. The Balaban J connectivity index is 1.67. The van der Waals surface area contributed by atoms with Crippen LogP contribution in [0.1, 0.15) is 11.3 Å². The van der Waals surface area contributed by atoms with Gasteiger partial charge in [0.2, 0.25) is 5.91 Å². The molecule has 15 nitrogen and oxygen atoms in total. The molecule has 0 radical (unpaired) electrons. The number of amides is 1. The number of anilines is 1. The number of carbonyl (C=O) groups is 2. The van der Waals surface area contributed by atoms with Gasteiger partial charge >= 0.3 is 12.1 Å². The smallest absolute Gasteiger partial charge is 0.484 e. The van der Waals surface area contributed by atoms with Gasteiger partial charge in [-0.1, -0.05) is 11.1 Å². The van der Waals surface area contributed by atoms with Crippen molar-refractivity contribution in [3.05, 3.63) is 80.1 Å². The highest BCUT2D eigenvalue weighted by Crippen LogP contribution is 2.28. The predicted octanol–water partition coefficient (Wildman–Crippen LogP) is 2.69. The summed E-state index contributed by atoms with van der Waals surface area (Å²) in [4.78, 5) is 48.4. The highest BCUT2D eigenvalue weighted by Gasteiger charge is 2.19. The van der Waals surface area contributed by atoms with E-state index in [-0.39, 0.29) is 54.5 Å². The van der Waals surface area contributed by atoms with Crippen molar-refractivity contribution in [1.82, 2.24) is 14.9 Å². The first-order valence-corrected chi connectivity index (χ1v) is 10.6. The van der Waals surface area contributed by atoms with E-state index in [4.69, 9.17) is 14.2 Å². The molecular weight excluding hydrogens is 492 g/mol. The first kappa shape index (κ1) is 26.6. The SMILES string of the molecule is CNCC(=O)Nc1cc(COC(=O)Oc2ccc([N+](=O)[O-])cc2)ccc1OCc1cnc([N+](=O)[O-])n1C. The Bertz CT molecular complexity index is 1310. The number of aromatic nitrogens is 2. The summed E-state index contributed by atoms with van der Waals surface area (Å²) in [5.74, 6) is -0.367. The van der Waals surface area contributed by atoms with Gasteiger partial charge in [0.25, 0.3) is 5.69 Å². The van der Waals surface area contributed by atoms with Gasteiger partial charge in [0.15, 0.2) is 5.69 Å². The molecular formula is C22H22N6O9. The van der Waals surface area contributed by atoms with Crippen molar-refractivity contribution in [2.75, 3.05) is 18.9 Å². The Morgan fingerprint density at radius 3 is 2.41 bits per heavy atom. The van der Waals surface area contributed by atoms with Gasteiger partial charge < -0.3 is 35.0 Å². The molecule has 0 aliphatic rings. The third kappa shape index (κ3) is 7.22. The molecule has 0 fully saturated rings. The van der Waals surface area contributed by atoms with Crippen LogP contribution in [0.15, 0.2) is 48.7 Å². The van der Waals surface area contributed by atoms with Crippen LogP contribution < -0.4 is 20.1 Å². The summed E-state index contributed by atoms with van der Waals surface area (Å²) in [6.07, 6.45) is 0.281. The third-order valence-electron chi connectivity index (χ3n) is 4.86. The van der Waals surface area contributed by atoms with Crippen molar-refractivity contribution in [2.45, 2.75) is 13.2 Å². The van der Waals surface area contributed by atoms with Crippen molar-refractivity contribution >= 4 is 29.4 Å².